The van der Waals surface area contributed by atoms with Crippen molar-refractivity contribution in [1.82, 2.24) is 4.98 Å². The molecule has 0 amide bonds. The average Bonchev–Trinajstić information content (AvgIpc) is 2.32. The molecule has 2 nitrogen and oxygen atoms in total. The van der Waals surface area contributed by atoms with Gasteiger partial charge in [0.1, 0.15) is 0 Å². The Hall–Kier alpha value is -1.05. The lowest BCUT2D eigenvalue weighted by molar-refractivity contribution is 0.173. The molecular weight excluding hydrogens is 220 g/mol. The molecule has 1 saturated carbocycles. The molecule has 1 heterocycles. The van der Waals surface area contributed by atoms with Gasteiger partial charge in [0.2, 0.25) is 0 Å². The van der Waals surface area contributed by atoms with E-state index in [4.69, 9.17) is 0 Å². The van der Waals surface area contributed by atoms with Crippen LogP contribution in [0.25, 0.3) is 0 Å². The number of hydrogen-bond acceptors (Lipinski definition) is 2. The van der Waals surface area contributed by atoms with Gasteiger partial charge >= 0.3 is 0 Å². The van der Waals surface area contributed by atoms with Gasteiger partial charge in [0.25, 0.3) is 0 Å². The van der Waals surface area contributed by atoms with E-state index in [1.54, 1.807) is 0 Å². The first-order chi connectivity index (χ1) is 8.47. The second kappa shape index (κ2) is 5.29. The summed E-state index contributed by atoms with van der Waals surface area (Å²) in [4.78, 5) is 4.34. The third-order valence-electron chi connectivity index (χ3n) is 4.32. The SMILES string of the molecule is Cc1ncccc1NC1CCC(C(C)(C)C)CC1. The summed E-state index contributed by atoms with van der Waals surface area (Å²) in [6, 6.07) is 4.78. The lowest BCUT2D eigenvalue weighted by Crippen LogP contribution is -2.31. The van der Waals surface area contributed by atoms with Crippen molar-refractivity contribution in [3.63, 3.8) is 0 Å². The summed E-state index contributed by atoms with van der Waals surface area (Å²) in [6.45, 7) is 9.19. The fraction of sp³-hybridized carbons (Fsp3) is 0.688. The van der Waals surface area contributed by atoms with Crippen molar-refractivity contribution in [3.05, 3.63) is 24.0 Å². The number of nitrogens with one attached hydrogen (secondary N) is 1. The van der Waals surface area contributed by atoms with Crippen LogP contribution in [-0.4, -0.2) is 11.0 Å². The average molecular weight is 246 g/mol. The van der Waals surface area contributed by atoms with Gasteiger partial charge in [-0.25, -0.2) is 0 Å². The molecule has 100 valence electrons. The quantitative estimate of drug-likeness (QED) is 0.836. The van der Waals surface area contributed by atoms with Gasteiger partial charge in [0, 0.05) is 12.2 Å². The molecule has 1 N–H and O–H groups in total. The van der Waals surface area contributed by atoms with Crippen molar-refractivity contribution < 1.29 is 0 Å². The molecule has 1 aliphatic carbocycles. The number of hydrogen-bond donors (Lipinski definition) is 1. The summed E-state index contributed by atoms with van der Waals surface area (Å²) in [5.41, 5.74) is 2.78. The first kappa shape index (κ1) is 13.4. The fourth-order valence-electron chi connectivity index (χ4n) is 2.96. The molecule has 0 aromatic carbocycles. The molecule has 18 heavy (non-hydrogen) atoms. The molecule has 2 rings (SSSR count). The van der Waals surface area contributed by atoms with Crippen LogP contribution in [0, 0.1) is 18.3 Å². The molecule has 1 aliphatic rings. The van der Waals surface area contributed by atoms with Gasteiger partial charge in [-0.2, -0.15) is 0 Å². The van der Waals surface area contributed by atoms with E-state index in [0.29, 0.717) is 11.5 Å². The Morgan fingerprint density at radius 1 is 1.17 bits per heavy atom. The van der Waals surface area contributed by atoms with Crippen LogP contribution in [0.15, 0.2) is 18.3 Å². The van der Waals surface area contributed by atoms with Gasteiger partial charge in [-0.1, -0.05) is 20.8 Å². The van der Waals surface area contributed by atoms with Gasteiger partial charge in [-0.3, -0.25) is 4.98 Å². The van der Waals surface area contributed by atoms with Crippen LogP contribution in [0.2, 0.25) is 0 Å². The van der Waals surface area contributed by atoms with Crippen LogP contribution in [0.3, 0.4) is 0 Å². The van der Waals surface area contributed by atoms with Crippen LogP contribution in [0.4, 0.5) is 5.69 Å². The van der Waals surface area contributed by atoms with Crippen molar-refractivity contribution >= 4 is 5.69 Å². The van der Waals surface area contributed by atoms with Gasteiger partial charge in [0.05, 0.1) is 11.4 Å². The van der Waals surface area contributed by atoms with E-state index in [1.807, 2.05) is 12.3 Å². The van der Waals surface area contributed by atoms with E-state index >= 15 is 0 Å². The lowest BCUT2D eigenvalue weighted by atomic mass is 9.71. The summed E-state index contributed by atoms with van der Waals surface area (Å²) in [6.07, 6.45) is 7.13. The van der Waals surface area contributed by atoms with Crippen LogP contribution < -0.4 is 5.32 Å². The molecule has 1 aromatic rings. The van der Waals surface area contributed by atoms with Crippen molar-refractivity contribution in [2.24, 2.45) is 11.3 Å². The van der Waals surface area contributed by atoms with E-state index in [9.17, 15) is 0 Å². The molecule has 0 aliphatic heterocycles. The standard InChI is InChI=1S/C16H26N2/c1-12-15(6-5-11-17-12)18-14-9-7-13(8-10-14)16(2,3)4/h5-6,11,13-14,18H,7-10H2,1-4H3. The predicted octanol–water partition coefficient (Wildman–Crippen LogP) is 4.41. The number of anilines is 1. The van der Waals surface area contributed by atoms with Crippen LogP contribution in [-0.2, 0) is 0 Å². The largest absolute Gasteiger partial charge is 0.381 e. The zero-order valence-corrected chi connectivity index (χ0v) is 12.2. The maximum Gasteiger partial charge on any atom is 0.0603 e. The molecule has 0 unspecified atom stereocenters. The van der Waals surface area contributed by atoms with Crippen molar-refractivity contribution in [1.29, 1.82) is 0 Å². The van der Waals surface area contributed by atoms with Crippen LogP contribution in [0.5, 0.6) is 0 Å². The number of pyridine rings is 1. The highest BCUT2D eigenvalue weighted by molar-refractivity contribution is 5.47. The van der Waals surface area contributed by atoms with E-state index in [1.165, 1.54) is 31.4 Å². The van der Waals surface area contributed by atoms with Crippen LogP contribution in [0.1, 0.15) is 52.1 Å². The molecule has 0 spiro atoms. The second-order valence-corrected chi connectivity index (χ2v) is 6.70. The molecular formula is C16H26N2. The van der Waals surface area contributed by atoms with Gasteiger partial charge in [-0.15, -0.1) is 0 Å². The predicted molar refractivity (Wildman–Crippen MR) is 77.8 cm³/mol. The minimum Gasteiger partial charge on any atom is -0.381 e. The van der Waals surface area contributed by atoms with Crippen LogP contribution >= 0.6 is 0 Å². The number of nitrogens with zero attached hydrogens (tertiary/aromatic N) is 1. The Kier molecular flexibility index (Phi) is 3.94. The Morgan fingerprint density at radius 3 is 2.39 bits per heavy atom. The van der Waals surface area contributed by atoms with E-state index in [0.717, 1.165) is 11.6 Å². The summed E-state index contributed by atoms with van der Waals surface area (Å²) in [7, 11) is 0. The van der Waals surface area contributed by atoms with Gasteiger partial charge in [-0.05, 0) is 56.1 Å². The van der Waals surface area contributed by atoms with Crippen molar-refractivity contribution in [2.75, 3.05) is 5.32 Å². The number of rotatable bonds is 2. The highest BCUT2D eigenvalue weighted by Crippen LogP contribution is 2.38. The Morgan fingerprint density at radius 2 is 1.83 bits per heavy atom. The smallest absolute Gasteiger partial charge is 0.0603 e. The third-order valence-corrected chi connectivity index (χ3v) is 4.32. The minimum absolute atomic E-state index is 0.467. The van der Waals surface area contributed by atoms with Crippen molar-refractivity contribution in [2.45, 2.75) is 59.4 Å². The molecule has 2 heteroatoms. The zero-order valence-electron chi connectivity index (χ0n) is 12.2. The third kappa shape index (κ3) is 3.24. The Bertz CT molecular complexity index is 384. The lowest BCUT2D eigenvalue weighted by Gasteiger charge is -2.37. The van der Waals surface area contributed by atoms with Gasteiger partial charge in [0.15, 0.2) is 0 Å². The molecule has 0 bridgehead atoms. The molecule has 1 fully saturated rings. The zero-order chi connectivity index (χ0) is 13.2. The number of aromatic nitrogens is 1. The Balaban J connectivity index is 1.90. The van der Waals surface area contributed by atoms with E-state index < -0.39 is 0 Å². The fourth-order valence-corrected chi connectivity index (χ4v) is 2.96. The number of aryl methyl sites for hydroxylation is 1. The Labute approximate surface area is 111 Å². The topological polar surface area (TPSA) is 24.9 Å². The maximum absolute atomic E-state index is 4.34. The van der Waals surface area contributed by atoms with Gasteiger partial charge < -0.3 is 5.32 Å². The monoisotopic (exact) mass is 246 g/mol. The molecule has 0 atom stereocenters. The van der Waals surface area contributed by atoms with E-state index in [-0.39, 0.29) is 0 Å². The molecule has 0 saturated heterocycles. The summed E-state index contributed by atoms with van der Waals surface area (Å²) in [5, 5.41) is 3.66. The molecule has 1 aromatic heterocycles. The maximum atomic E-state index is 4.34. The summed E-state index contributed by atoms with van der Waals surface area (Å²) < 4.78 is 0. The highest BCUT2D eigenvalue weighted by atomic mass is 14.9. The first-order valence-corrected chi connectivity index (χ1v) is 7.15. The van der Waals surface area contributed by atoms with E-state index in [2.05, 4.69) is 44.1 Å². The normalized spacial score (nSPS) is 24.9. The second-order valence-electron chi connectivity index (χ2n) is 6.70. The highest BCUT2D eigenvalue weighted by Gasteiger charge is 2.29. The summed E-state index contributed by atoms with van der Waals surface area (Å²) >= 11 is 0. The first-order valence-electron chi connectivity index (χ1n) is 7.15. The molecule has 0 radical (unpaired) electrons. The summed E-state index contributed by atoms with van der Waals surface area (Å²) in [5.74, 6) is 0.880. The van der Waals surface area contributed by atoms with Crippen molar-refractivity contribution in [3.8, 4) is 0 Å². The minimum atomic E-state index is 0.467.